The van der Waals surface area contributed by atoms with Gasteiger partial charge < -0.3 is 5.11 Å². The van der Waals surface area contributed by atoms with Crippen LogP contribution in [0, 0.1) is 0 Å². The molecular weight excluding hydrogens is 320 g/mol. The van der Waals surface area contributed by atoms with Crippen LogP contribution in [0.1, 0.15) is 26.4 Å². The molecule has 3 N–H and O–H groups in total. The fourth-order valence-corrected chi connectivity index (χ4v) is 2.13. The smallest absolute Gasteiger partial charge is 0.335 e. The van der Waals surface area contributed by atoms with Gasteiger partial charge >= 0.3 is 5.97 Å². The molecule has 0 aliphatic carbocycles. The molecule has 25 heavy (non-hydrogen) atoms. The van der Waals surface area contributed by atoms with Gasteiger partial charge in [0.05, 0.1) is 17.5 Å². The standard InChI is InChI=1S/C18H14N4O3/c23-17(16-10-15(20-21-16)13-4-2-1-3-5-13)22-19-11-12-6-8-14(9-7-12)18(24)25/h1-11H,(H,20,21)(H,22,23)(H,24,25). The highest BCUT2D eigenvalue weighted by Gasteiger charge is 2.10. The fraction of sp³-hybridized carbons (Fsp3) is 0. The van der Waals surface area contributed by atoms with Gasteiger partial charge in [0.25, 0.3) is 5.91 Å². The number of benzene rings is 2. The highest BCUT2D eigenvalue weighted by Crippen LogP contribution is 2.16. The second kappa shape index (κ2) is 7.22. The van der Waals surface area contributed by atoms with Gasteiger partial charge in [0.2, 0.25) is 0 Å². The highest BCUT2D eigenvalue weighted by molar-refractivity contribution is 5.94. The Morgan fingerprint density at radius 1 is 1.08 bits per heavy atom. The molecule has 0 radical (unpaired) electrons. The van der Waals surface area contributed by atoms with Crippen LogP contribution in [0.2, 0.25) is 0 Å². The van der Waals surface area contributed by atoms with Crippen LogP contribution in [0.3, 0.4) is 0 Å². The molecule has 0 unspecified atom stereocenters. The number of H-pyrrole nitrogens is 1. The Morgan fingerprint density at radius 2 is 1.80 bits per heavy atom. The highest BCUT2D eigenvalue weighted by atomic mass is 16.4. The summed E-state index contributed by atoms with van der Waals surface area (Å²) in [6.45, 7) is 0. The molecule has 0 aliphatic heterocycles. The van der Waals surface area contributed by atoms with Gasteiger partial charge in [-0.1, -0.05) is 42.5 Å². The number of hydrogen-bond acceptors (Lipinski definition) is 4. The zero-order chi connectivity index (χ0) is 17.6. The molecule has 0 bridgehead atoms. The second-order valence-electron chi connectivity index (χ2n) is 5.16. The maximum absolute atomic E-state index is 12.0. The number of nitrogens with zero attached hydrogens (tertiary/aromatic N) is 2. The minimum atomic E-state index is -0.995. The van der Waals surface area contributed by atoms with Crippen molar-refractivity contribution < 1.29 is 14.7 Å². The van der Waals surface area contributed by atoms with Crippen LogP contribution < -0.4 is 5.43 Å². The molecule has 3 rings (SSSR count). The molecule has 0 atom stereocenters. The molecule has 7 nitrogen and oxygen atoms in total. The van der Waals surface area contributed by atoms with Gasteiger partial charge in [-0.25, -0.2) is 10.2 Å². The normalized spacial score (nSPS) is 10.7. The van der Waals surface area contributed by atoms with E-state index in [9.17, 15) is 9.59 Å². The number of aromatic amines is 1. The minimum Gasteiger partial charge on any atom is -0.478 e. The number of aromatic nitrogens is 2. The maximum Gasteiger partial charge on any atom is 0.335 e. The summed E-state index contributed by atoms with van der Waals surface area (Å²) >= 11 is 0. The molecular formula is C18H14N4O3. The molecule has 0 saturated carbocycles. The van der Waals surface area contributed by atoms with Gasteiger partial charge in [0.1, 0.15) is 5.69 Å². The van der Waals surface area contributed by atoms with E-state index in [0.717, 1.165) is 5.56 Å². The average molecular weight is 334 g/mol. The molecule has 2 aromatic carbocycles. The van der Waals surface area contributed by atoms with Crippen LogP contribution in [0.4, 0.5) is 0 Å². The predicted octanol–water partition coefficient (Wildman–Crippen LogP) is 2.54. The Kier molecular flexibility index (Phi) is 4.66. The van der Waals surface area contributed by atoms with Gasteiger partial charge in [-0.05, 0) is 23.8 Å². The lowest BCUT2D eigenvalue weighted by molar-refractivity contribution is 0.0696. The van der Waals surface area contributed by atoms with Crippen molar-refractivity contribution in [3.63, 3.8) is 0 Å². The number of hydrazone groups is 1. The molecule has 0 spiro atoms. The molecule has 1 heterocycles. The quantitative estimate of drug-likeness (QED) is 0.492. The summed E-state index contributed by atoms with van der Waals surface area (Å²) < 4.78 is 0. The van der Waals surface area contributed by atoms with Crippen molar-refractivity contribution >= 4 is 18.1 Å². The lowest BCUT2D eigenvalue weighted by Gasteiger charge is -1.97. The third-order valence-electron chi connectivity index (χ3n) is 3.43. The average Bonchev–Trinajstić information content (AvgIpc) is 3.13. The number of carboxylic acid groups (broad SMARTS) is 1. The Labute approximate surface area is 143 Å². The zero-order valence-electron chi connectivity index (χ0n) is 13.0. The minimum absolute atomic E-state index is 0.187. The van der Waals surface area contributed by atoms with Crippen molar-refractivity contribution in [3.8, 4) is 11.3 Å². The van der Waals surface area contributed by atoms with E-state index in [1.165, 1.54) is 18.3 Å². The van der Waals surface area contributed by atoms with Crippen molar-refractivity contribution in [2.75, 3.05) is 0 Å². The number of hydrogen-bond donors (Lipinski definition) is 3. The van der Waals surface area contributed by atoms with Gasteiger partial charge in [-0.15, -0.1) is 0 Å². The summed E-state index contributed by atoms with van der Waals surface area (Å²) in [7, 11) is 0. The van der Waals surface area contributed by atoms with E-state index in [-0.39, 0.29) is 11.3 Å². The summed E-state index contributed by atoms with van der Waals surface area (Å²) in [6, 6.07) is 17.3. The maximum atomic E-state index is 12.0. The van der Waals surface area contributed by atoms with E-state index in [1.807, 2.05) is 30.3 Å². The molecule has 124 valence electrons. The number of rotatable bonds is 5. The van der Waals surface area contributed by atoms with E-state index >= 15 is 0 Å². The summed E-state index contributed by atoms with van der Waals surface area (Å²) in [5.74, 6) is -1.42. The first-order chi connectivity index (χ1) is 12.1. The van der Waals surface area contributed by atoms with E-state index in [0.29, 0.717) is 11.3 Å². The lowest BCUT2D eigenvalue weighted by atomic mass is 10.1. The molecule has 1 amide bonds. The van der Waals surface area contributed by atoms with Gasteiger partial charge in [0, 0.05) is 5.56 Å². The Bertz CT molecular complexity index is 915. The fourth-order valence-electron chi connectivity index (χ4n) is 2.13. The number of nitrogens with one attached hydrogen (secondary N) is 2. The van der Waals surface area contributed by atoms with Crippen LogP contribution in [-0.2, 0) is 0 Å². The topological polar surface area (TPSA) is 107 Å². The Balaban J connectivity index is 1.63. The van der Waals surface area contributed by atoms with Crippen molar-refractivity contribution in [1.29, 1.82) is 0 Å². The molecule has 0 fully saturated rings. The number of amides is 1. The van der Waals surface area contributed by atoms with Crippen molar-refractivity contribution in [1.82, 2.24) is 15.6 Å². The van der Waals surface area contributed by atoms with E-state index in [2.05, 4.69) is 20.7 Å². The van der Waals surface area contributed by atoms with Crippen LogP contribution in [0.25, 0.3) is 11.3 Å². The van der Waals surface area contributed by atoms with E-state index in [4.69, 9.17) is 5.11 Å². The summed E-state index contributed by atoms with van der Waals surface area (Å²) in [6.07, 6.45) is 1.43. The summed E-state index contributed by atoms with van der Waals surface area (Å²) in [5.41, 5.74) is 5.10. The van der Waals surface area contributed by atoms with Crippen LogP contribution in [0.15, 0.2) is 65.8 Å². The SMILES string of the molecule is O=C(O)c1ccc(C=NNC(=O)c2cc(-c3ccccc3)n[nH]2)cc1. The first kappa shape index (κ1) is 16.1. The first-order valence-electron chi connectivity index (χ1n) is 7.41. The largest absolute Gasteiger partial charge is 0.478 e. The predicted molar refractivity (Wildman–Crippen MR) is 92.5 cm³/mol. The van der Waals surface area contributed by atoms with E-state index in [1.54, 1.807) is 18.2 Å². The second-order valence-corrected chi connectivity index (χ2v) is 5.16. The number of aromatic carboxylic acids is 1. The third kappa shape index (κ3) is 3.97. The van der Waals surface area contributed by atoms with E-state index < -0.39 is 11.9 Å². The van der Waals surface area contributed by atoms with Gasteiger partial charge in [-0.2, -0.15) is 10.2 Å². The number of carboxylic acids is 1. The molecule has 1 aromatic heterocycles. The summed E-state index contributed by atoms with van der Waals surface area (Å²) in [4.78, 5) is 22.8. The molecule has 7 heteroatoms. The van der Waals surface area contributed by atoms with Crippen LogP contribution >= 0.6 is 0 Å². The third-order valence-corrected chi connectivity index (χ3v) is 3.43. The zero-order valence-corrected chi connectivity index (χ0v) is 13.0. The van der Waals surface area contributed by atoms with Crippen molar-refractivity contribution in [3.05, 3.63) is 77.5 Å². The van der Waals surface area contributed by atoms with Gasteiger partial charge in [-0.3, -0.25) is 9.89 Å². The molecule has 3 aromatic rings. The monoisotopic (exact) mass is 334 g/mol. The number of carbonyl (C=O) groups is 2. The van der Waals surface area contributed by atoms with Crippen molar-refractivity contribution in [2.45, 2.75) is 0 Å². The van der Waals surface area contributed by atoms with Crippen LogP contribution in [0.5, 0.6) is 0 Å². The first-order valence-corrected chi connectivity index (χ1v) is 7.41. The van der Waals surface area contributed by atoms with Crippen molar-refractivity contribution in [2.24, 2.45) is 5.10 Å². The Hall–Kier alpha value is -3.74. The molecule has 0 aliphatic rings. The van der Waals surface area contributed by atoms with Crippen LogP contribution in [-0.4, -0.2) is 33.4 Å². The summed E-state index contributed by atoms with van der Waals surface area (Å²) in [5, 5.41) is 19.5. The lowest BCUT2D eigenvalue weighted by Crippen LogP contribution is -2.18. The van der Waals surface area contributed by atoms with Gasteiger partial charge in [0.15, 0.2) is 0 Å². The Morgan fingerprint density at radius 3 is 2.48 bits per heavy atom. The number of carbonyl (C=O) groups excluding carboxylic acids is 1. The molecule has 0 saturated heterocycles.